The molecular weight excluding hydrogens is 90.1 g/mol. The highest BCUT2D eigenvalue weighted by Gasteiger charge is 1.95. The zero-order valence-corrected chi connectivity index (χ0v) is 3.91. The van der Waals surface area contributed by atoms with Crippen LogP contribution in [0.4, 0.5) is 0 Å². The number of nitrogens with two attached hydrogens (primary N) is 1. The molecular formula is C4H7N3. The molecule has 3 nitrogen and oxygen atoms in total. The quantitative estimate of drug-likeness (QED) is 0.446. The fourth-order valence-electron chi connectivity index (χ4n) is 0.401. The van der Waals surface area contributed by atoms with Crippen molar-refractivity contribution in [1.82, 2.24) is 0 Å². The number of hydrogen-bond acceptors (Lipinski definition) is 3. The third-order valence-electron chi connectivity index (χ3n) is 0.777. The predicted molar refractivity (Wildman–Crippen MR) is 29.6 cm³/mol. The van der Waals surface area contributed by atoms with Crippen molar-refractivity contribution in [2.45, 2.75) is 12.6 Å². The first-order valence-electron chi connectivity index (χ1n) is 2.18. The fraction of sp³-hybridized carbons (Fsp3) is 0.500. The minimum Gasteiger partial charge on any atom is -0.309 e. The fourth-order valence-corrected chi connectivity index (χ4v) is 0.401. The van der Waals surface area contributed by atoms with E-state index >= 15 is 0 Å². The van der Waals surface area contributed by atoms with Crippen molar-refractivity contribution in [2.24, 2.45) is 15.7 Å². The van der Waals surface area contributed by atoms with Gasteiger partial charge in [-0.2, -0.15) is 0 Å². The van der Waals surface area contributed by atoms with E-state index in [-0.39, 0.29) is 6.17 Å². The lowest BCUT2D eigenvalue weighted by Gasteiger charge is -2.01. The van der Waals surface area contributed by atoms with Gasteiger partial charge in [0.2, 0.25) is 0 Å². The van der Waals surface area contributed by atoms with Gasteiger partial charge in [-0.3, -0.25) is 4.99 Å². The summed E-state index contributed by atoms with van der Waals surface area (Å²) < 4.78 is 0. The Labute approximate surface area is 42.0 Å². The highest BCUT2D eigenvalue weighted by Crippen LogP contribution is 1.88. The van der Waals surface area contributed by atoms with E-state index in [1.165, 1.54) is 6.34 Å². The van der Waals surface area contributed by atoms with Gasteiger partial charge >= 0.3 is 0 Å². The summed E-state index contributed by atoms with van der Waals surface area (Å²) in [5, 5.41) is 0. The molecule has 0 aromatic heterocycles. The predicted octanol–water partition coefficient (Wildman–Crippen LogP) is -0.226. The number of nitrogens with zero attached hydrogens (tertiary/aromatic N) is 2. The average Bonchev–Trinajstić information content (AvgIpc) is 1.69. The summed E-state index contributed by atoms with van der Waals surface area (Å²) in [6, 6.07) is 0. The molecule has 7 heavy (non-hydrogen) atoms. The molecule has 1 atom stereocenters. The van der Waals surface area contributed by atoms with Gasteiger partial charge < -0.3 is 5.73 Å². The summed E-state index contributed by atoms with van der Waals surface area (Å²) in [5.74, 6) is 0. The van der Waals surface area contributed by atoms with Crippen molar-refractivity contribution in [3.05, 3.63) is 0 Å². The topological polar surface area (TPSA) is 50.7 Å². The Kier molecular flexibility index (Phi) is 1.17. The van der Waals surface area contributed by atoms with Crippen LogP contribution in [0.25, 0.3) is 0 Å². The van der Waals surface area contributed by atoms with E-state index in [0.717, 1.165) is 6.42 Å². The van der Waals surface area contributed by atoms with Crippen molar-refractivity contribution in [3.8, 4) is 0 Å². The highest BCUT2D eigenvalue weighted by atomic mass is 15.0. The molecule has 0 aromatic rings. The van der Waals surface area contributed by atoms with Crippen LogP contribution in [0.2, 0.25) is 0 Å². The van der Waals surface area contributed by atoms with Gasteiger partial charge in [0.1, 0.15) is 12.5 Å². The summed E-state index contributed by atoms with van der Waals surface area (Å²) in [6.45, 7) is 0. The van der Waals surface area contributed by atoms with Crippen LogP contribution in [0.15, 0.2) is 9.98 Å². The zero-order chi connectivity index (χ0) is 5.11. The molecule has 2 N–H and O–H groups in total. The Morgan fingerprint density at radius 2 is 2.57 bits per heavy atom. The molecule has 0 fully saturated rings. The van der Waals surface area contributed by atoms with Gasteiger partial charge in [-0.15, -0.1) is 0 Å². The molecule has 1 unspecified atom stereocenters. The number of aliphatic imine (C=N–C) groups is 2. The Morgan fingerprint density at radius 3 is 2.86 bits per heavy atom. The second-order valence-corrected chi connectivity index (χ2v) is 1.40. The largest absolute Gasteiger partial charge is 0.309 e. The first-order valence-corrected chi connectivity index (χ1v) is 2.18. The van der Waals surface area contributed by atoms with Gasteiger partial charge in [0, 0.05) is 12.6 Å². The van der Waals surface area contributed by atoms with Crippen LogP contribution in [-0.4, -0.2) is 18.7 Å². The maximum absolute atomic E-state index is 5.35. The second-order valence-electron chi connectivity index (χ2n) is 1.40. The molecule has 0 aliphatic carbocycles. The maximum Gasteiger partial charge on any atom is 0.111 e. The van der Waals surface area contributed by atoms with Crippen LogP contribution in [0.5, 0.6) is 0 Å². The Balaban J connectivity index is 2.49. The molecule has 0 saturated carbocycles. The lowest BCUT2D eigenvalue weighted by atomic mass is 10.4. The van der Waals surface area contributed by atoms with Crippen LogP contribution >= 0.6 is 0 Å². The summed E-state index contributed by atoms with van der Waals surface area (Å²) in [7, 11) is 0. The Bertz CT molecular complexity index is 106. The Morgan fingerprint density at radius 1 is 1.71 bits per heavy atom. The highest BCUT2D eigenvalue weighted by molar-refractivity contribution is 5.74. The van der Waals surface area contributed by atoms with E-state index in [4.69, 9.17) is 5.73 Å². The summed E-state index contributed by atoms with van der Waals surface area (Å²) in [6.07, 6.45) is 3.97. The van der Waals surface area contributed by atoms with Gasteiger partial charge in [0.25, 0.3) is 0 Å². The molecule has 1 aliphatic heterocycles. The average molecular weight is 97.1 g/mol. The molecule has 0 saturated heterocycles. The standard InChI is InChI=1S/C4H7N3/c5-4-1-2-6-3-7-4/h2-4H,1,5H2. The molecule has 0 amide bonds. The summed E-state index contributed by atoms with van der Waals surface area (Å²) >= 11 is 0. The maximum atomic E-state index is 5.35. The third kappa shape index (κ3) is 1.08. The minimum absolute atomic E-state index is 0.0440. The van der Waals surface area contributed by atoms with E-state index in [0.29, 0.717) is 0 Å². The van der Waals surface area contributed by atoms with Crippen LogP contribution in [0, 0.1) is 0 Å². The molecule has 3 heteroatoms. The van der Waals surface area contributed by atoms with Crippen LogP contribution in [-0.2, 0) is 0 Å². The summed E-state index contributed by atoms with van der Waals surface area (Å²) in [5.41, 5.74) is 5.35. The van der Waals surface area contributed by atoms with E-state index in [1.807, 2.05) is 0 Å². The monoisotopic (exact) mass is 97.1 g/mol. The van der Waals surface area contributed by atoms with Crippen molar-refractivity contribution in [3.63, 3.8) is 0 Å². The van der Waals surface area contributed by atoms with Crippen molar-refractivity contribution in [1.29, 1.82) is 0 Å². The first-order chi connectivity index (χ1) is 3.39. The van der Waals surface area contributed by atoms with Crippen molar-refractivity contribution < 1.29 is 0 Å². The summed E-state index contributed by atoms with van der Waals surface area (Å²) in [4.78, 5) is 7.52. The lowest BCUT2D eigenvalue weighted by Crippen LogP contribution is -2.19. The van der Waals surface area contributed by atoms with Gasteiger partial charge in [-0.1, -0.05) is 0 Å². The first kappa shape index (κ1) is 4.46. The third-order valence-corrected chi connectivity index (χ3v) is 0.777. The van der Waals surface area contributed by atoms with Crippen LogP contribution in [0.1, 0.15) is 6.42 Å². The lowest BCUT2D eigenvalue weighted by molar-refractivity contribution is 0.745. The van der Waals surface area contributed by atoms with Crippen LogP contribution in [0.3, 0.4) is 0 Å². The molecule has 0 radical (unpaired) electrons. The molecule has 38 valence electrons. The number of rotatable bonds is 0. The Hall–Kier alpha value is -0.700. The second kappa shape index (κ2) is 1.84. The van der Waals surface area contributed by atoms with E-state index in [9.17, 15) is 0 Å². The molecule has 0 aromatic carbocycles. The zero-order valence-electron chi connectivity index (χ0n) is 3.91. The number of hydrogen-bond donors (Lipinski definition) is 1. The van der Waals surface area contributed by atoms with Gasteiger partial charge in [0.05, 0.1) is 0 Å². The van der Waals surface area contributed by atoms with Crippen molar-refractivity contribution in [2.75, 3.05) is 0 Å². The smallest absolute Gasteiger partial charge is 0.111 e. The van der Waals surface area contributed by atoms with Gasteiger partial charge in [-0.25, -0.2) is 4.99 Å². The van der Waals surface area contributed by atoms with E-state index < -0.39 is 0 Å². The molecule has 0 spiro atoms. The van der Waals surface area contributed by atoms with E-state index in [1.54, 1.807) is 6.21 Å². The van der Waals surface area contributed by atoms with Gasteiger partial charge in [0.15, 0.2) is 0 Å². The van der Waals surface area contributed by atoms with Gasteiger partial charge in [-0.05, 0) is 0 Å². The SMILES string of the molecule is NC1CC=NC=N1. The van der Waals surface area contributed by atoms with E-state index in [2.05, 4.69) is 9.98 Å². The molecule has 1 aliphatic rings. The normalized spacial score (nSPS) is 28.4. The molecule has 0 bridgehead atoms. The van der Waals surface area contributed by atoms with Crippen molar-refractivity contribution >= 4 is 12.6 Å². The van der Waals surface area contributed by atoms with Crippen LogP contribution < -0.4 is 5.73 Å². The molecule has 1 heterocycles. The molecule has 1 rings (SSSR count). The minimum atomic E-state index is -0.0440.